The minimum absolute atomic E-state index is 0.330. The van der Waals surface area contributed by atoms with E-state index in [1.54, 1.807) is 24.1 Å². The molecule has 3 rings (SSSR count). The number of amidine groups is 1. The van der Waals surface area contributed by atoms with Gasteiger partial charge in [-0.3, -0.25) is 9.67 Å². The molecule has 26 heavy (non-hydrogen) atoms. The second kappa shape index (κ2) is 7.67. The van der Waals surface area contributed by atoms with Crippen molar-refractivity contribution in [1.82, 2.24) is 20.1 Å². The molecule has 7 nitrogen and oxygen atoms in total. The summed E-state index contributed by atoms with van der Waals surface area (Å²) in [6.07, 6.45) is 1.55. The van der Waals surface area contributed by atoms with E-state index < -0.39 is 17.8 Å². The molecule has 1 aromatic carbocycles. The molecule has 0 radical (unpaired) electrons. The third-order valence-electron chi connectivity index (χ3n) is 3.73. The summed E-state index contributed by atoms with van der Waals surface area (Å²) >= 11 is 6.74. The molecule has 1 atom stereocenters. The van der Waals surface area contributed by atoms with Crippen LogP contribution >= 0.6 is 31.9 Å². The lowest BCUT2D eigenvalue weighted by molar-refractivity contribution is -0.136. The van der Waals surface area contributed by atoms with E-state index in [0.29, 0.717) is 38.3 Å². The Morgan fingerprint density at radius 3 is 2.81 bits per heavy atom. The van der Waals surface area contributed by atoms with Gasteiger partial charge >= 0.3 is 5.97 Å². The third kappa shape index (κ3) is 3.56. The van der Waals surface area contributed by atoms with Crippen LogP contribution in [0.3, 0.4) is 0 Å². The molecule has 136 valence electrons. The fourth-order valence-electron chi connectivity index (χ4n) is 2.56. The number of hydrogen-bond acceptors (Lipinski definition) is 6. The van der Waals surface area contributed by atoms with Crippen molar-refractivity contribution in [2.45, 2.75) is 6.04 Å². The van der Waals surface area contributed by atoms with Crippen molar-refractivity contribution in [3.05, 3.63) is 57.5 Å². The molecular formula is C16H14Br2FN5O2. The van der Waals surface area contributed by atoms with Crippen molar-refractivity contribution < 1.29 is 13.9 Å². The Bertz CT molecular complexity index is 925. The van der Waals surface area contributed by atoms with Crippen molar-refractivity contribution in [3.63, 3.8) is 0 Å². The van der Waals surface area contributed by atoms with E-state index in [1.807, 2.05) is 0 Å². The largest absolute Gasteiger partial charge is 0.466 e. The first-order valence-corrected chi connectivity index (χ1v) is 9.39. The summed E-state index contributed by atoms with van der Waals surface area (Å²) in [5, 5.41) is 7.69. The van der Waals surface area contributed by atoms with Crippen LogP contribution in [0.25, 0.3) is 0 Å². The van der Waals surface area contributed by atoms with Crippen molar-refractivity contribution in [3.8, 4) is 0 Å². The third-order valence-corrected chi connectivity index (χ3v) is 4.98. The minimum Gasteiger partial charge on any atom is -0.466 e. The minimum atomic E-state index is -0.704. The Hall–Kier alpha value is -2.07. The molecule has 1 N–H and O–H groups in total. The normalized spacial score (nSPS) is 17.0. The number of aliphatic imine (C=N–C) groups is 1. The first-order chi connectivity index (χ1) is 12.4. The van der Waals surface area contributed by atoms with Gasteiger partial charge in [0.25, 0.3) is 0 Å². The molecule has 2 aromatic rings. The highest BCUT2D eigenvalue weighted by Gasteiger charge is 2.33. The SMILES string of the molecule is COC(=O)C1=C(CBr)NC(c2ncn(C)n2)=NC1c1ccc(F)cc1Br. The number of rotatable bonds is 4. The number of halogens is 3. The Labute approximate surface area is 165 Å². The van der Waals surface area contributed by atoms with Crippen LogP contribution in [0.2, 0.25) is 0 Å². The van der Waals surface area contributed by atoms with Crippen molar-refractivity contribution in [1.29, 1.82) is 0 Å². The molecule has 1 aromatic heterocycles. The van der Waals surface area contributed by atoms with E-state index in [-0.39, 0.29) is 0 Å². The standard InChI is InChI=1S/C16H14Br2FN5O2/c1-24-7-20-14(23-24)15-21-11(6-17)12(16(25)26-2)13(22-15)9-4-3-8(19)5-10(9)18/h3-5,7,13H,6H2,1-2H3,(H,21,22). The van der Waals surface area contributed by atoms with Gasteiger partial charge in [-0.25, -0.2) is 14.2 Å². The molecule has 10 heteroatoms. The van der Waals surface area contributed by atoms with E-state index in [1.165, 1.54) is 19.2 Å². The van der Waals surface area contributed by atoms with Gasteiger partial charge in [-0.2, -0.15) is 0 Å². The van der Waals surface area contributed by atoms with Gasteiger partial charge in [0.05, 0.1) is 12.7 Å². The van der Waals surface area contributed by atoms with E-state index in [4.69, 9.17) is 4.74 Å². The second-order valence-corrected chi connectivity index (χ2v) is 6.85. The monoisotopic (exact) mass is 485 g/mol. The second-order valence-electron chi connectivity index (χ2n) is 5.43. The number of ether oxygens (including phenoxy) is 1. The van der Waals surface area contributed by atoms with Crippen LogP contribution in [0.1, 0.15) is 17.4 Å². The zero-order valence-electron chi connectivity index (χ0n) is 13.8. The van der Waals surface area contributed by atoms with Gasteiger partial charge in [-0.05, 0) is 17.7 Å². The number of nitrogens with one attached hydrogen (secondary N) is 1. The predicted molar refractivity (Wildman–Crippen MR) is 100 cm³/mol. The number of nitrogens with zero attached hydrogens (tertiary/aromatic N) is 4. The molecule has 0 aliphatic carbocycles. The number of allylic oxidation sites excluding steroid dienone is 1. The van der Waals surface area contributed by atoms with Gasteiger partial charge in [0.1, 0.15) is 18.2 Å². The fourth-order valence-corrected chi connectivity index (χ4v) is 3.57. The highest BCUT2D eigenvalue weighted by atomic mass is 79.9. The van der Waals surface area contributed by atoms with Crippen LogP contribution in [0.4, 0.5) is 4.39 Å². The summed E-state index contributed by atoms with van der Waals surface area (Å²) in [4.78, 5) is 21.2. The lowest BCUT2D eigenvalue weighted by Gasteiger charge is -2.26. The van der Waals surface area contributed by atoms with Gasteiger partial charge < -0.3 is 10.1 Å². The molecule has 1 aliphatic heterocycles. The van der Waals surface area contributed by atoms with Gasteiger partial charge in [0.2, 0.25) is 5.82 Å². The highest BCUT2D eigenvalue weighted by molar-refractivity contribution is 9.10. The summed E-state index contributed by atoms with van der Waals surface area (Å²) in [6.45, 7) is 0. The molecular weight excluding hydrogens is 473 g/mol. The van der Waals surface area contributed by atoms with E-state index in [9.17, 15) is 9.18 Å². The van der Waals surface area contributed by atoms with Crippen molar-refractivity contribution in [2.75, 3.05) is 12.4 Å². The maximum atomic E-state index is 13.5. The lowest BCUT2D eigenvalue weighted by atomic mass is 9.96. The first-order valence-electron chi connectivity index (χ1n) is 7.47. The summed E-state index contributed by atoms with van der Waals surface area (Å²) < 4.78 is 20.5. The number of carbonyl (C=O) groups excluding carboxylic acids is 1. The maximum Gasteiger partial charge on any atom is 0.338 e. The molecule has 0 fully saturated rings. The number of aryl methyl sites for hydroxylation is 1. The summed E-state index contributed by atoms with van der Waals surface area (Å²) in [5.74, 6) is -0.119. The number of aromatic nitrogens is 3. The van der Waals surface area contributed by atoms with Crippen LogP contribution in [0, 0.1) is 5.82 Å². The predicted octanol–water partition coefficient (Wildman–Crippen LogP) is 2.63. The summed E-state index contributed by atoms with van der Waals surface area (Å²) in [5.41, 5.74) is 1.53. The average Bonchev–Trinajstić information content (AvgIpc) is 3.06. The maximum absolute atomic E-state index is 13.5. The molecule has 0 amide bonds. The van der Waals surface area contributed by atoms with Crippen LogP contribution in [-0.4, -0.2) is 39.0 Å². The van der Waals surface area contributed by atoms with Crippen molar-refractivity contribution >= 4 is 43.7 Å². The fraction of sp³-hybridized carbons (Fsp3) is 0.250. The zero-order valence-corrected chi connectivity index (χ0v) is 17.0. The van der Waals surface area contributed by atoms with E-state index in [2.05, 4.69) is 52.3 Å². The highest BCUT2D eigenvalue weighted by Crippen LogP contribution is 2.36. The Balaban J connectivity index is 2.17. The molecule has 0 spiro atoms. The van der Waals surface area contributed by atoms with Crippen molar-refractivity contribution in [2.24, 2.45) is 12.0 Å². The topological polar surface area (TPSA) is 81.4 Å². The number of esters is 1. The number of hydrogen-bond donors (Lipinski definition) is 1. The Kier molecular flexibility index (Phi) is 5.52. The zero-order chi connectivity index (χ0) is 18.8. The van der Waals surface area contributed by atoms with Crippen LogP contribution in [0.5, 0.6) is 0 Å². The summed E-state index contributed by atoms with van der Waals surface area (Å²) in [7, 11) is 3.05. The van der Waals surface area contributed by atoms with Crippen LogP contribution in [-0.2, 0) is 16.6 Å². The number of alkyl halides is 1. The van der Waals surface area contributed by atoms with Gasteiger partial charge in [-0.15, -0.1) is 5.10 Å². The molecule has 0 saturated heterocycles. The Morgan fingerprint density at radius 1 is 1.46 bits per heavy atom. The van der Waals surface area contributed by atoms with Crippen LogP contribution < -0.4 is 5.32 Å². The smallest absolute Gasteiger partial charge is 0.338 e. The molecule has 1 aliphatic rings. The Morgan fingerprint density at radius 2 is 2.23 bits per heavy atom. The number of methoxy groups -OCH3 is 1. The quantitative estimate of drug-likeness (QED) is 0.530. The molecule has 2 heterocycles. The summed E-state index contributed by atoms with van der Waals surface area (Å²) in [6, 6.07) is 3.52. The molecule has 1 unspecified atom stereocenters. The van der Waals surface area contributed by atoms with Crippen LogP contribution in [0.15, 0.2) is 45.3 Å². The van der Waals surface area contributed by atoms with Gasteiger partial charge in [0.15, 0.2) is 5.84 Å². The van der Waals surface area contributed by atoms with E-state index >= 15 is 0 Å². The van der Waals surface area contributed by atoms with E-state index in [0.717, 1.165) is 0 Å². The number of benzene rings is 1. The molecule has 0 bridgehead atoms. The lowest BCUT2D eigenvalue weighted by Crippen LogP contribution is -2.35. The van der Waals surface area contributed by atoms with Gasteiger partial charge in [-0.1, -0.05) is 37.9 Å². The molecule has 0 saturated carbocycles. The van der Waals surface area contributed by atoms with Gasteiger partial charge in [0, 0.05) is 22.5 Å². The first kappa shape index (κ1) is 18.7. The average molecular weight is 487 g/mol. The number of carbonyl (C=O) groups is 1.